The van der Waals surface area contributed by atoms with E-state index in [-0.39, 0.29) is 11.9 Å². The van der Waals surface area contributed by atoms with E-state index in [9.17, 15) is 4.79 Å². The third-order valence-corrected chi connectivity index (χ3v) is 5.02. The Labute approximate surface area is 160 Å². The molecule has 0 saturated carbocycles. The molecule has 0 radical (unpaired) electrons. The van der Waals surface area contributed by atoms with E-state index >= 15 is 0 Å². The van der Waals surface area contributed by atoms with Gasteiger partial charge >= 0.3 is 0 Å². The Morgan fingerprint density at radius 3 is 2.59 bits per heavy atom. The maximum Gasteiger partial charge on any atom is 0.252 e. The Bertz CT molecular complexity index is 915. The van der Waals surface area contributed by atoms with Crippen molar-refractivity contribution in [2.45, 2.75) is 26.8 Å². The van der Waals surface area contributed by atoms with Crippen LogP contribution in [-0.2, 0) is 7.05 Å². The maximum absolute atomic E-state index is 12.7. The van der Waals surface area contributed by atoms with Crippen LogP contribution >= 0.6 is 0 Å². The molecule has 1 aromatic carbocycles. The van der Waals surface area contributed by atoms with Gasteiger partial charge in [0.15, 0.2) is 5.65 Å². The number of fused-ring (bicyclic) bond motifs is 1. The van der Waals surface area contributed by atoms with Crippen molar-refractivity contribution in [1.29, 1.82) is 0 Å². The highest BCUT2D eigenvalue weighted by Gasteiger charge is 2.19. The lowest BCUT2D eigenvalue weighted by Crippen LogP contribution is -2.38. The van der Waals surface area contributed by atoms with E-state index in [4.69, 9.17) is 0 Å². The van der Waals surface area contributed by atoms with Gasteiger partial charge in [-0.1, -0.05) is 44.2 Å². The predicted molar refractivity (Wildman–Crippen MR) is 108 cm³/mol. The molecule has 2 aromatic heterocycles. The Kier molecular flexibility index (Phi) is 5.86. The van der Waals surface area contributed by atoms with E-state index in [0.717, 1.165) is 29.8 Å². The Balaban J connectivity index is 1.78. The fraction of sp³-hybridized carbons (Fsp3) is 0.381. The average molecular weight is 365 g/mol. The van der Waals surface area contributed by atoms with Crippen LogP contribution in [0.1, 0.15) is 41.5 Å². The summed E-state index contributed by atoms with van der Waals surface area (Å²) in [6, 6.07) is 12.3. The number of benzene rings is 1. The van der Waals surface area contributed by atoms with Crippen LogP contribution in [0.3, 0.4) is 0 Å². The second-order valence-corrected chi connectivity index (χ2v) is 6.66. The summed E-state index contributed by atoms with van der Waals surface area (Å²) in [5.41, 5.74) is 3.43. The van der Waals surface area contributed by atoms with E-state index in [1.807, 2.05) is 38.2 Å². The summed E-state index contributed by atoms with van der Waals surface area (Å²) in [7, 11) is 1.86. The van der Waals surface area contributed by atoms with Gasteiger partial charge in [0, 0.05) is 25.2 Å². The number of aromatic nitrogens is 3. The molecule has 1 amide bonds. The van der Waals surface area contributed by atoms with Crippen LogP contribution in [0.2, 0.25) is 0 Å². The van der Waals surface area contributed by atoms with E-state index in [0.29, 0.717) is 12.1 Å². The number of amides is 1. The fourth-order valence-electron chi connectivity index (χ4n) is 3.52. The third-order valence-electron chi connectivity index (χ3n) is 5.02. The first-order valence-electron chi connectivity index (χ1n) is 9.41. The highest BCUT2D eigenvalue weighted by atomic mass is 16.1. The van der Waals surface area contributed by atoms with Gasteiger partial charge in [0.1, 0.15) is 0 Å². The zero-order valence-corrected chi connectivity index (χ0v) is 16.4. The lowest BCUT2D eigenvalue weighted by atomic mass is 10.0. The fourth-order valence-corrected chi connectivity index (χ4v) is 3.52. The SMILES string of the molecule is CCN(CC)C(CNC(=O)c1cnc2c(c1)c(C)nn2C)c1ccccc1. The van der Waals surface area contributed by atoms with Crippen molar-refractivity contribution < 1.29 is 4.79 Å². The first-order chi connectivity index (χ1) is 13.0. The number of nitrogens with one attached hydrogen (secondary N) is 1. The summed E-state index contributed by atoms with van der Waals surface area (Å²) < 4.78 is 1.73. The summed E-state index contributed by atoms with van der Waals surface area (Å²) >= 11 is 0. The molecule has 6 nitrogen and oxygen atoms in total. The van der Waals surface area contributed by atoms with Crippen LogP contribution < -0.4 is 5.32 Å². The van der Waals surface area contributed by atoms with Gasteiger partial charge in [-0.25, -0.2) is 4.98 Å². The van der Waals surface area contributed by atoms with Gasteiger partial charge in [0.05, 0.1) is 17.3 Å². The second kappa shape index (κ2) is 8.31. The van der Waals surface area contributed by atoms with Crippen LogP contribution in [0, 0.1) is 6.92 Å². The van der Waals surface area contributed by atoms with Crippen molar-refractivity contribution in [2.75, 3.05) is 19.6 Å². The van der Waals surface area contributed by atoms with Crippen molar-refractivity contribution in [3.63, 3.8) is 0 Å². The molecule has 0 spiro atoms. The molecule has 0 aliphatic heterocycles. The van der Waals surface area contributed by atoms with Crippen molar-refractivity contribution in [3.8, 4) is 0 Å². The predicted octanol–water partition coefficient (Wildman–Crippen LogP) is 3.09. The first-order valence-corrected chi connectivity index (χ1v) is 9.41. The molecule has 0 aliphatic rings. The molecule has 1 unspecified atom stereocenters. The van der Waals surface area contributed by atoms with Crippen LogP contribution in [-0.4, -0.2) is 45.2 Å². The molecule has 2 heterocycles. The molecule has 1 atom stereocenters. The Morgan fingerprint density at radius 1 is 1.22 bits per heavy atom. The molecule has 27 heavy (non-hydrogen) atoms. The van der Waals surface area contributed by atoms with Gasteiger partial charge in [-0.2, -0.15) is 5.10 Å². The number of hydrogen-bond acceptors (Lipinski definition) is 4. The highest BCUT2D eigenvalue weighted by Crippen LogP contribution is 2.20. The molecule has 1 N–H and O–H groups in total. The van der Waals surface area contributed by atoms with Crippen molar-refractivity contribution in [3.05, 3.63) is 59.4 Å². The number of hydrogen-bond donors (Lipinski definition) is 1. The third kappa shape index (κ3) is 4.01. The summed E-state index contributed by atoms with van der Waals surface area (Å²) in [4.78, 5) is 19.5. The van der Waals surface area contributed by atoms with E-state index in [2.05, 4.69) is 46.3 Å². The number of carbonyl (C=O) groups excluding carboxylic acids is 1. The van der Waals surface area contributed by atoms with Crippen LogP contribution in [0.25, 0.3) is 11.0 Å². The number of pyridine rings is 1. The molecular weight excluding hydrogens is 338 g/mol. The van der Waals surface area contributed by atoms with E-state index in [1.165, 1.54) is 5.56 Å². The quantitative estimate of drug-likeness (QED) is 0.699. The van der Waals surface area contributed by atoms with Gasteiger partial charge < -0.3 is 5.32 Å². The molecule has 0 aliphatic carbocycles. The van der Waals surface area contributed by atoms with E-state index < -0.39 is 0 Å². The topological polar surface area (TPSA) is 63.1 Å². The summed E-state index contributed by atoms with van der Waals surface area (Å²) in [5.74, 6) is -0.110. The van der Waals surface area contributed by atoms with Gasteiger partial charge in [-0.05, 0) is 31.6 Å². The number of nitrogens with zero attached hydrogens (tertiary/aromatic N) is 4. The molecule has 0 fully saturated rings. The summed E-state index contributed by atoms with van der Waals surface area (Å²) in [5, 5.41) is 8.37. The van der Waals surface area contributed by atoms with Crippen molar-refractivity contribution in [2.24, 2.45) is 7.05 Å². The largest absolute Gasteiger partial charge is 0.350 e. The number of likely N-dealkylation sites (N-methyl/N-ethyl adjacent to an activating group) is 1. The van der Waals surface area contributed by atoms with Gasteiger partial charge in [0.2, 0.25) is 0 Å². The van der Waals surface area contributed by atoms with Crippen LogP contribution in [0.4, 0.5) is 0 Å². The highest BCUT2D eigenvalue weighted by molar-refractivity contribution is 5.97. The van der Waals surface area contributed by atoms with Crippen molar-refractivity contribution in [1.82, 2.24) is 25.0 Å². The minimum absolute atomic E-state index is 0.110. The lowest BCUT2D eigenvalue weighted by Gasteiger charge is -2.30. The zero-order chi connectivity index (χ0) is 19.4. The van der Waals surface area contributed by atoms with Crippen LogP contribution in [0.5, 0.6) is 0 Å². The van der Waals surface area contributed by atoms with Gasteiger partial charge in [-0.3, -0.25) is 14.4 Å². The summed E-state index contributed by atoms with van der Waals surface area (Å²) in [6.45, 7) is 8.61. The standard InChI is InChI=1S/C21H27N5O/c1-5-26(6-2)19(16-10-8-7-9-11-16)14-23-21(27)17-12-18-15(3)24-25(4)20(18)22-13-17/h7-13,19H,5-6,14H2,1-4H3,(H,23,27). The minimum atomic E-state index is -0.110. The molecule has 3 rings (SSSR count). The second-order valence-electron chi connectivity index (χ2n) is 6.66. The number of rotatable bonds is 7. The van der Waals surface area contributed by atoms with Crippen molar-refractivity contribution >= 4 is 16.9 Å². The molecule has 142 valence electrons. The van der Waals surface area contributed by atoms with Crippen LogP contribution in [0.15, 0.2) is 42.6 Å². The molecule has 0 saturated heterocycles. The average Bonchev–Trinajstić information content (AvgIpc) is 2.99. The monoisotopic (exact) mass is 365 g/mol. The maximum atomic E-state index is 12.7. The normalized spacial score (nSPS) is 12.5. The summed E-state index contributed by atoms with van der Waals surface area (Å²) in [6.07, 6.45) is 1.62. The number of aryl methyl sites for hydroxylation is 2. The molecular formula is C21H27N5O. The Hall–Kier alpha value is -2.73. The molecule has 3 aromatic rings. The molecule has 0 bridgehead atoms. The van der Waals surface area contributed by atoms with Gasteiger partial charge in [-0.15, -0.1) is 0 Å². The first kappa shape index (κ1) is 19.0. The minimum Gasteiger partial charge on any atom is -0.350 e. The Morgan fingerprint density at radius 2 is 1.93 bits per heavy atom. The smallest absolute Gasteiger partial charge is 0.252 e. The zero-order valence-electron chi connectivity index (χ0n) is 16.4. The lowest BCUT2D eigenvalue weighted by molar-refractivity contribution is 0.0934. The van der Waals surface area contributed by atoms with Gasteiger partial charge in [0.25, 0.3) is 5.91 Å². The van der Waals surface area contributed by atoms with E-state index in [1.54, 1.807) is 10.9 Å². The number of carbonyl (C=O) groups is 1. The molecule has 6 heteroatoms.